The van der Waals surface area contributed by atoms with Crippen LogP contribution in [0.5, 0.6) is 0 Å². The molecule has 0 bridgehead atoms. The van der Waals surface area contributed by atoms with E-state index in [0.717, 1.165) is 24.8 Å². The quantitative estimate of drug-likeness (QED) is 0.635. The van der Waals surface area contributed by atoms with Crippen molar-refractivity contribution < 1.29 is 13.2 Å². The fourth-order valence-corrected chi connectivity index (χ4v) is 4.56. The van der Waals surface area contributed by atoms with E-state index in [1.807, 2.05) is 30.3 Å². The van der Waals surface area contributed by atoms with E-state index in [2.05, 4.69) is 10.5 Å². The Morgan fingerprint density at radius 3 is 2.33 bits per heavy atom. The van der Waals surface area contributed by atoms with Crippen LogP contribution in [0.2, 0.25) is 0 Å². The minimum atomic E-state index is -3.57. The molecule has 0 aliphatic carbocycles. The van der Waals surface area contributed by atoms with E-state index in [4.69, 9.17) is 0 Å². The number of carbonyl (C=O) groups excluding carboxylic acids is 1. The van der Waals surface area contributed by atoms with Crippen molar-refractivity contribution >= 4 is 21.6 Å². The lowest BCUT2D eigenvalue weighted by atomic mass is 10.1. The predicted molar refractivity (Wildman–Crippen MR) is 105 cm³/mol. The number of hydrogen-bond donors (Lipinski definition) is 1. The van der Waals surface area contributed by atoms with Crippen LogP contribution in [0.4, 0.5) is 0 Å². The van der Waals surface area contributed by atoms with Crippen molar-refractivity contribution in [3.63, 3.8) is 0 Å². The van der Waals surface area contributed by atoms with E-state index in [-0.39, 0.29) is 10.5 Å². The maximum absolute atomic E-state index is 12.8. The van der Waals surface area contributed by atoms with Crippen LogP contribution in [0, 0.1) is 0 Å². The van der Waals surface area contributed by atoms with Gasteiger partial charge >= 0.3 is 0 Å². The van der Waals surface area contributed by atoms with E-state index < -0.39 is 15.9 Å². The first-order valence-corrected chi connectivity index (χ1v) is 10.4. The molecule has 1 N–H and O–H groups in total. The van der Waals surface area contributed by atoms with Crippen LogP contribution in [0.15, 0.2) is 64.6 Å². The summed E-state index contributed by atoms with van der Waals surface area (Å²) < 4.78 is 27.1. The Balaban J connectivity index is 1.76. The number of carbonyl (C=O) groups is 1. The van der Waals surface area contributed by atoms with Gasteiger partial charge in [-0.2, -0.15) is 9.41 Å². The van der Waals surface area contributed by atoms with E-state index >= 15 is 0 Å². The van der Waals surface area contributed by atoms with Crippen molar-refractivity contribution in [2.24, 2.45) is 5.10 Å². The molecule has 1 aliphatic heterocycles. The minimum absolute atomic E-state index is 0.140. The molecule has 1 fully saturated rings. The molecule has 0 aromatic heterocycles. The van der Waals surface area contributed by atoms with Gasteiger partial charge in [-0.05, 0) is 43.5 Å². The highest BCUT2D eigenvalue weighted by molar-refractivity contribution is 7.89. The highest BCUT2D eigenvalue weighted by Crippen LogP contribution is 2.21. The zero-order valence-corrected chi connectivity index (χ0v) is 16.1. The predicted octanol–water partition coefficient (Wildman–Crippen LogP) is 3.02. The molecule has 1 amide bonds. The summed E-state index contributed by atoms with van der Waals surface area (Å²) in [6, 6.07) is 15.6. The van der Waals surface area contributed by atoms with Gasteiger partial charge in [0.05, 0.1) is 10.6 Å². The molecule has 0 atom stereocenters. The van der Waals surface area contributed by atoms with E-state index in [9.17, 15) is 13.2 Å². The van der Waals surface area contributed by atoms with Crippen LogP contribution in [0.1, 0.15) is 42.1 Å². The number of rotatable bonds is 5. The Kier molecular flexibility index (Phi) is 6.03. The third-order valence-electron chi connectivity index (χ3n) is 4.57. The number of nitrogens with zero attached hydrogens (tertiary/aromatic N) is 2. The van der Waals surface area contributed by atoms with Gasteiger partial charge in [-0.3, -0.25) is 4.79 Å². The van der Waals surface area contributed by atoms with Crippen LogP contribution in [0.25, 0.3) is 0 Å². The number of sulfonamides is 1. The summed E-state index contributed by atoms with van der Waals surface area (Å²) in [5.41, 5.74) is 4.33. The summed E-state index contributed by atoms with van der Waals surface area (Å²) in [6.07, 6.45) is 2.78. The normalized spacial score (nSPS) is 16.1. The van der Waals surface area contributed by atoms with Crippen molar-refractivity contribution in [1.29, 1.82) is 0 Å². The zero-order valence-electron chi connectivity index (χ0n) is 15.3. The fourth-order valence-electron chi connectivity index (χ4n) is 3.00. The number of nitrogens with one attached hydrogen (secondary N) is 1. The van der Waals surface area contributed by atoms with Crippen LogP contribution in [-0.2, 0) is 10.0 Å². The van der Waals surface area contributed by atoms with E-state index in [1.54, 1.807) is 19.1 Å². The number of hydrogen-bond acceptors (Lipinski definition) is 4. The van der Waals surface area contributed by atoms with Crippen LogP contribution >= 0.6 is 0 Å². The van der Waals surface area contributed by atoms with Crippen molar-refractivity contribution in [1.82, 2.24) is 9.73 Å². The molecular formula is C20H23N3O3S. The Morgan fingerprint density at radius 1 is 0.963 bits per heavy atom. The molecule has 1 aliphatic rings. The van der Waals surface area contributed by atoms with Gasteiger partial charge in [0.15, 0.2) is 0 Å². The first-order valence-electron chi connectivity index (χ1n) is 8.99. The molecule has 0 unspecified atom stereocenters. The van der Waals surface area contributed by atoms with Gasteiger partial charge in [-0.15, -0.1) is 0 Å². The lowest BCUT2D eigenvalue weighted by molar-refractivity contribution is 0.0954. The molecule has 6 nitrogen and oxygen atoms in total. The van der Waals surface area contributed by atoms with Gasteiger partial charge in [-0.25, -0.2) is 13.8 Å². The molecule has 0 saturated carbocycles. The number of amides is 1. The average molecular weight is 385 g/mol. The molecule has 7 heteroatoms. The van der Waals surface area contributed by atoms with Gasteiger partial charge in [0.25, 0.3) is 5.91 Å². The van der Waals surface area contributed by atoms with Crippen LogP contribution < -0.4 is 5.43 Å². The average Bonchev–Trinajstić information content (AvgIpc) is 2.73. The Hall–Kier alpha value is -2.51. The second kappa shape index (κ2) is 8.45. The first kappa shape index (κ1) is 19.3. The highest BCUT2D eigenvalue weighted by Gasteiger charge is 2.26. The van der Waals surface area contributed by atoms with Crippen LogP contribution in [-0.4, -0.2) is 37.4 Å². The Bertz CT molecular complexity index is 934. The molecule has 27 heavy (non-hydrogen) atoms. The second-order valence-electron chi connectivity index (χ2n) is 6.50. The lowest BCUT2D eigenvalue weighted by Gasteiger charge is -2.25. The van der Waals surface area contributed by atoms with E-state index in [0.29, 0.717) is 18.8 Å². The molecule has 1 saturated heterocycles. The largest absolute Gasteiger partial charge is 0.271 e. The number of benzene rings is 2. The summed E-state index contributed by atoms with van der Waals surface area (Å²) in [4.78, 5) is 12.5. The third kappa shape index (κ3) is 4.61. The fraction of sp³-hybridized carbons (Fsp3) is 0.300. The summed E-state index contributed by atoms with van der Waals surface area (Å²) in [7, 11) is -3.57. The van der Waals surface area contributed by atoms with Gasteiger partial charge < -0.3 is 0 Å². The zero-order chi connectivity index (χ0) is 19.3. The summed E-state index contributed by atoms with van der Waals surface area (Å²) in [6.45, 7) is 2.85. The van der Waals surface area contributed by atoms with Crippen molar-refractivity contribution in [3.05, 3.63) is 65.7 Å². The monoisotopic (exact) mass is 385 g/mol. The van der Waals surface area contributed by atoms with Gasteiger partial charge in [0, 0.05) is 18.7 Å². The maximum atomic E-state index is 12.8. The Labute approximate surface area is 159 Å². The second-order valence-corrected chi connectivity index (χ2v) is 8.43. The maximum Gasteiger partial charge on any atom is 0.271 e. The SMILES string of the molecule is C/C(=N\NC(=O)c1cccc(S(=O)(=O)N2CCCCC2)c1)c1ccccc1. The number of piperidine rings is 1. The molecule has 2 aromatic rings. The van der Waals surface area contributed by atoms with Crippen molar-refractivity contribution in [2.45, 2.75) is 31.1 Å². The molecular weight excluding hydrogens is 362 g/mol. The van der Waals surface area contributed by atoms with E-state index in [1.165, 1.54) is 16.4 Å². The topological polar surface area (TPSA) is 78.8 Å². The third-order valence-corrected chi connectivity index (χ3v) is 6.46. The van der Waals surface area contributed by atoms with Crippen molar-refractivity contribution in [2.75, 3.05) is 13.1 Å². The molecule has 3 rings (SSSR count). The molecule has 0 spiro atoms. The lowest BCUT2D eigenvalue weighted by Crippen LogP contribution is -2.35. The summed E-state index contributed by atoms with van der Waals surface area (Å²) >= 11 is 0. The molecule has 2 aromatic carbocycles. The minimum Gasteiger partial charge on any atom is -0.267 e. The van der Waals surface area contributed by atoms with Gasteiger partial charge in [0.1, 0.15) is 0 Å². The Morgan fingerprint density at radius 2 is 1.63 bits per heavy atom. The molecule has 1 heterocycles. The van der Waals surface area contributed by atoms with Crippen LogP contribution in [0.3, 0.4) is 0 Å². The van der Waals surface area contributed by atoms with Crippen molar-refractivity contribution in [3.8, 4) is 0 Å². The standard InChI is InChI=1S/C20H23N3O3S/c1-16(17-9-4-2-5-10-17)21-22-20(24)18-11-8-12-19(15-18)27(25,26)23-13-6-3-7-14-23/h2,4-5,8-12,15H,3,6-7,13-14H2,1H3,(H,22,24)/b21-16+. The summed E-state index contributed by atoms with van der Waals surface area (Å²) in [5, 5.41) is 4.11. The first-order chi connectivity index (χ1) is 13.0. The molecule has 142 valence electrons. The van der Waals surface area contributed by atoms with Gasteiger partial charge in [0.2, 0.25) is 10.0 Å². The molecule has 0 radical (unpaired) electrons. The van der Waals surface area contributed by atoms with Gasteiger partial charge in [-0.1, -0.05) is 42.8 Å². The highest BCUT2D eigenvalue weighted by atomic mass is 32.2. The summed E-state index contributed by atoms with van der Waals surface area (Å²) in [5.74, 6) is -0.444. The smallest absolute Gasteiger partial charge is 0.267 e. The number of hydrazone groups is 1.